The molecule has 0 aliphatic carbocycles. The number of aliphatic hydroxyl groups is 2. The zero-order chi connectivity index (χ0) is 27.8. The largest absolute Gasteiger partial charge is 0.480 e. The number of non-ortho nitro benzene ring substituents is 1. The molecule has 1 aromatic carbocycles. The Kier molecular flexibility index (Phi) is 7.54. The van der Waals surface area contributed by atoms with Crippen molar-refractivity contribution in [2.75, 3.05) is 18.8 Å². The third kappa shape index (κ3) is 5.12. The van der Waals surface area contributed by atoms with Crippen LogP contribution in [0.4, 0.5) is 11.5 Å². The predicted molar refractivity (Wildman–Crippen MR) is 128 cm³/mol. The fourth-order valence-electron chi connectivity index (χ4n) is 3.97. The summed E-state index contributed by atoms with van der Waals surface area (Å²) in [5, 5.41) is 41.5. The van der Waals surface area contributed by atoms with Crippen LogP contribution in [-0.2, 0) is 19.6 Å². The SMILES string of the molecule is Nc1ncnc2c1ncn2[C@@H]1O[C@H](CN(CC[C@H](N)C(=O)O)S(=O)(=O)c2ccc([N+](=O)[O-])cc2)[C@@H](O)[C@H]1O. The standard InChI is InChI=1S/C20H24N8O9S/c21-12(20(31)32)5-6-26(38(35,36)11-3-1-10(2-4-11)28(33)34)7-13-15(29)16(30)19(37-13)27-9-25-14-17(22)23-8-24-18(14)27/h1-4,8-9,12-13,15-16,19,29-30H,5-7,21H2,(H,31,32)(H2,22,23,24)/t12-,13+,15+,16+,19+/m0/s1. The number of anilines is 1. The number of fused-ring (bicyclic) bond motifs is 1. The van der Waals surface area contributed by atoms with Crippen molar-refractivity contribution in [2.45, 2.75) is 41.9 Å². The number of imidazole rings is 1. The van der Waals surface area contributed by atoms with Crippen LogP contribution in [0, 0.1) is 10.1 Å². The fourth-order valence-corrected chi connectivity index (χ4v) is 5.44. The van der Waals surface area contributed by atoms with Gasteiger partial charge < -0.3 is 31.5 Å². The molecule has 0 bridgehead atoms. The van der Waals surface area contributed by atoms with E-state index >= 15 is 0 Å². The number of nitrogens with two attached hydrogens (primary N) is 2. The number of carboxylic acid groups (broad SMARTS) is 1. The van der Waals surface area contributed by atoms with E-state index in [9.17, 15) is 33.5 Å². The topological polar surface area (TPSA) is 263 Å². The van der Waals surface area contributed by atoms with Crippen molar-refractivity contribution in [2.24, 2.45) is 5.73 Å². The van der Waals surface area contributed by atoms with Crippen LogP contribution < -0.4 is 11.5 Å². The summed E-state index contributed by atoms with van der Waals surface area (Å²) in [4.78, 5) is 33.1. The van der Waals surface area contributed by atoms with Gasteiger partial charge in [0.15, 0.2) is 17.7 Å². The molecule has 4 rings (SSSR count). The Labute approximate surface area is 214 Å². The lowest BCUT2D eigenvalue weighted by molar-refractivity contribution is -0.384. The number of carboxylic acids is 1. The minimum atomic E-state index is -4.37. The van der Waals surface area contributed by atoms with Crippen molar-refractivity contribution in [3.8, 4) is 0 Å². The maximum Gasteiger partial charge on any atom is 0.320 e. The van der Waals surface area contributed by atoms with Crippen LogP contribution in [0.3, 0.4) is 0 Å². The van der Waals surface area contributed by atoms with Gasteiger partial charge in [-0.05, 0) is 18.6 Å². The Morgan fingerprint density at radius 3 is 2.53 bits per heavy atom. The van der Waals surface area contributed by atoms with Gasteiger partial charge in [0.1, 0.15) is 36.2 Å². The van der Waals surface area contributed by atoms with Crippen LogP contribution in [0.25, 0.3) is 11.2 Å². The van der Waals surface area contributed by atoms with Gasteiger partial charge in [0, 0.05) is 25.2 Å². The minimum Gasteiger partial charge on any atom is -0.480 e. The molecule has 1 saturated heterocycles. The normalized spacial score (nSPS) is 22.6. The van der Waals surface area contributed by atoms with E-state index in [-0.39, 0.29) is 34.0 Å². The van der Waals surface area contributed by atoms with Crippen molar-refractivity contribution in [1.82, 2.24) is 23.8 Å². The summed E-state index contributed by atoms with van der Waals surface area (Å²) in [7, 11) is -4.37. The van der Waals surface area contributed by atoms with Crippen LogP contribution >= 0.6 is 0 Å². The Balaban J connectivity index is 1.62. The zero-order valence-corrected chi connectivity index (χ0v) is 20.3. The number of sulfonamides is 1. The summed E-state index contributed by atoms with van der Waals surface area (Å²) < 4.78 is 34.8. The molecule has 1 aliphatic heterocycles. The Morgan fingerprint density at radius 2 is 1.89 bits per heavy atom. The molecule has 3 aromatic rings. The van der Waals surface area contributed by atoms with E-state index in [0.717, 1.165) is 28.6 Å². The first kappa shape index (κ1) is 27.2. The molecule has 1 fully saturated rings. The van der Waals surface area contributed by atoms with Crippen LogP contribution in [0.2, 0.25) is 0 Å². The number of benzene rings is 1. The number of hydrogen-bond donors (Lipinski definition) is 5. The highest BCUT2D eigenvalue weighted by molar-refractivity contribution is 7.89. The van der Waals surface area contributed by atoms with Crippen molar-refractivity contribution in [3.05, 3.63) is 47.0 Å². The number of nitrogens with zero attached hydrogens (tertiary/aromatic N) is 6. The number of ether oxygens (including phenoxy) is 1. The van der Waals surface area contributed by atoms with Crippen molar-refractivity contribution in [1.29, 1.82) is 0 Å². The summed E-state index contributed by atoms with van der Waals surface area (Å²) in [6, 6.07) is 2.69. The molecule has 18 heteroatoms. The third-order valence-corrected chi connectivity index (χ3v) is 7.95. The van der Waals surface area contributed by atoms with Crippen LogP contribution in [-0.4, -0.2) is 95.9 Å². The molecule has 17 nitrogen and oxygen atoms in total. The summed E-state index contributed by atoms with van der Waals surface area (Å²) >= 11 is 0. The van der Waals surface area contributed by atoms with Gasteiger partial charge in [-0.3, -0.25) is 19.5 Å². The molecule has 0 amide bonds. The molecule has 5 atom stereocenters. The summed E-state index contributed by atoms with van der Waals surface area (Å²) in [5.74, 6) is -1.27. The monoisotopic (exact) mass is 552 g/mol. The molecule has 1 aliphatic rings. The highest BCUT2D eigenvalue weighted by atomic mass is 32.2. The first-order valence-electron chi connectivity index (χ1n) is 11.1. The van der Waals surface area contributed by atoms with Crippen LogP contribution in [0.5, 0.6) is 0 Å². The van der Waals surface area contributed by atoms with Crippen molar-refractivity contribution < 1.29 is 38.2 Å². The molecular formula is C20H24N8O9S. The lowest BCUT2D eigenvalue weighted by Gasteiger charge is -2.26. The minimum absolute atomic E-state index is 0.0773. The van der Waals surface area contributed by atoms with Gasteiger partial charge in [0.05, 0.1) is 16.1 Å². The smallest absolute Gasteiger partial charge is 0.320 e. The van der Waals surface area contributed by atoms with E-state index < -0.39 is 64.6 Å². The van der Waals surface area contributed by atoms with Gasteiger partial charge in [-0.15, -0.1) is 0 Å². The Morgan fingerprint density at radius 1 is 1.21 bits per heavy atom. The van der Waals surface area contributed by atoms with Crippen molar-refractivity contribution in [3.63, 3.8) is 0 Å². The molecule has 38 heavy (non-hydrogen) atoms. The number of nitro benzene ring substituents is 1. The second-order valence-electron chi connectivity index (χ2n) is 8.48. The molecule has 204 valence electrons. The maximum absolute atomic E-state index is 13.4. The first-order valence-corrected chi connectivity index (χ1v) is 12.5. The molecule has 0 unspecified atom stereocenters. The molecule has 0 spiro atoms. The third-order valence-electron chi connectivity index (χ3n) is 6.07. The maximum atomic E-state index is 13.4. The van der Waals surface area contributed by atoms with Gasteiger partial charge in [-0.2, -0.15) is 4.31 Å². The summed E-state index contributed by atoms with van der Waals surface area (Å²) in [6.45, 7) is -0.901. The Hall–Kier alpha value is -3.81. The average molecular weight is 553 g/mol. The van der Waals surface area contributed by atoms with Crippen LogP contribution in [0.15, 0.2) is 41.8 Å². The number of rotatable bonds is 10. The van der Waals surface area contributed by atoms with E-state index in [1.807, 2.05) is 0 Å². The highest BCUT2D eigenvalue weighted by Gasteiger charge is 2.46. The molecule has 7 N–H and O–H groups in total. The van der Waals surface area contributed by atoms with Gasteiger partial charge in [-0.25, -0.2) is 23.4 Å². The van der Waals surface area contributed by atoms with E-state index in [2.05, 4.69) is 15.0 Å². The van der Waals surface area contributed by atoms with Gasteiger partial charge in [-0.1, -0.05) is 0 Å². The summed E-state index contributed by atoms with van der Waals surface area (Å²) in [5.41, 5.74) is 11.4. The first-order chi connectivity index (χ1) is 17.9. The quantitative estimate of drug-likeness (QED) is 0.140. The lowest BCUT2D eigenvalue weighted by Crippen LogP contribution is -2.45. The number of nitrogen functional groups attached to an aromatic ring is 1. The van der Waals surface area contributed by atoms with Gasteiger partial charge in [0.2, 0.25) is 10.0 Å². The van der Waals surface area contributed by atoms with E-state index in [1.165, 1.54) is 17.2 Å². The van der Waals surface area contributed by atoms with E-state index in [0.29, 0.717) is 0 Å². The van der Waals surface area contributed by atoms with Gasteiger partial charge in [0.25, 0.3) is 5.69 Å². The Bertz CT molecular complexity index is 1450. The number of hydrogen-bond acceptors (Lipinski definition) is 13. The molecule has 2 aromatic heterocycles. The summed E-state index contributed by atoms with van der Waals surface area (Å²) in [6.07, 6.45) is -3.44. The molecule has 0 saturated carbocycles. The van der Waals surface area contributed by atoms with Crippen molar-refractivity contribution >= 4 is 38.7 Å². The van der Waals surface area contributed by atoms with Gasteiger partial charge >= 0.3 is 5.97 Å². The highest BCUT2D eigenvalue weighted by Crippen LogP contribution is 2.33. The number of aliphatic hydroxyl groups excluding tert-OH is 2. The number of nitro groups is 1. The number of carbonyl (C=O) groups is 1. The van der Waals surface area contributed by atoms with E-state index in [1.54, 1.807) is 0 Å². The number of aromatic nitrogens is 4. The molecular weight excluding hydrogens is 528 g/mol. The fraction of sp³-hybridized carbons (Fsp3) is 0.400. The second kappa shape index (κ2) is 10.5. The molecule has 0 radical (unpaired) electrons. The second-order valence-corrected chi connectivity index (χ2v) is 10.4. The zero-order valence-electron chi connectivity index (χ0n) is 19.5. The van der Waals surface area contributed by atoms with Crippen LogP contribution in [0.1, 0.15) is 12.6 Å². The number of aliphatic carboxylic acids is 1. The van der Waals surface area contributed by atoms with E-state index in [4.69, 9.17) is 21.3 Å². The lowest BCUT2D eigenvalue weighted by atomic mass is 10.1. The predicted octanol–water partition coefficient (Wildman–Crippen LogP) is -1.57. The average Bonchev–Trinajstić information content (AvgIpc) is 3.43. The molecule has 3 heterocycles.